The Morgan fingerprint density at radius 3 is 2.62 bits per heavy atom. The molecule has 0 aliphatic rings. The van der Waals surface area contributed by atoms with Gasteiger partial charge in [0.15, 0.2) is 0 Å². The third-order valence-electron chi connectivity index (χ3n) is 4.56. The highest BCUT2D eigenvalue weighted by Crippen LogP contribution is 2.22. The molecule has 29 heavy (non-hydrogen) atoms. The van der Waals surface area contributed by atoms with Gasteiger partial charge in [-0.3, -0.25) is 4.79 Å². The number of carbonyl (C=O) groups is 1. The van der Waals surface area contributed by atoms with Crippen LogP contribution in [0.2, 0.25) is 0 Å². The monoisotopic (exact) mass is 395 g/mol. The molecule has 4 heteroatoms. The maximum absolute atomic E-state index is 12.1. The van der Waals surface area contributed by atoms with Crippen LogP contribution >= 0.6 is 0 Å². The van der Waals surface area contributed by atoms with Gasteiger partial charge in [0.05, 0.1) is 0 Å². The second kappa shape index (κ2) is 11.9. The predicted molar refractivity (Wildman–Crippen MR) is 127 cm³/mol. The van der Waals surface area contributed by atoms with Crippen LogP contribution < -0.4 is 16.0 Å². The van der Waals surface area contributed by atoms with E-state index in [1.165, 1.54) is 11.1 Å². The van der Waals surface area contributed by atoms with Crippen molar-refractivity contribution in [2.75, 3.05) is 24.5 Å². The fraction of sp³-hybridized carbons (Fsp3) is 0.400. The summed E-state index contributed by atoms with van der Waals surface area (Å²) in [7, 11) is 0. The van der Waals surface area contributed by atoms with Crippen LogP contribution in [0.25, 0.3) is 6.08 Å². The second-order valence-electron chi connectivity index (χ2n) is 8.16. The van der Waals surface area contributed by atoms with E-state index in [9.17, 15) is 4.79 Å². The van der Waals surface area contributed by atoms with E-state index < -0.39 is 0 Å². The normalized spacial score (nSPS) is 12.5. The summed E-state index contributed by atoms with van der Waals surface area (Å²) in [5.41, 5.74) is 9.93. The lowest BCUT2D eigenvalue weighted by molar-refractivity contribution is -0.128. The fourth-order valence-electron chi connectivity index (χ4n) is 2.88. The van der Waals surface area contributed by atoms with E-state index >= 15 is 0 Å². The van der Waals surface area contributed by atoms with Crippen LogP contribution in [0.4, 0.5) is 5.69 Å². The second-order valence-corrected chi connectivity index (χ2v) is 8.16. The number of nitrogens with zero attached hydrogens (tertiary/aromatic N) is 1. The summed E-state index contributed by atoms with van der Waals surface area (Å²) in [4.78, 5) is 14.4. The molecule has 0 radical (unpaired) electrons. The highest BCUT2D eigenvalue weighted by Gasteiger charge is 2.20. The number of allylic oxidation sites excluding steroid dienone is 3. The van der Waals surface area contributed by atoms with Gasteiger partial charge in [-0.1, -0.05) is 57.7 Å². The summed E-state index contributed by atoms with van der Waals surface area (Å²) in [5, 5.41) is 3.03. The fourth-order valence-corrected chi connectivity index (χ4v) is 2.88. The zero-order valence-corrected chi connectivity index (χ0v) is 18.7. The lowest BCUT2D eigenvalue weighted by atomic mass is 9.96. The third kappa shape index (κ3) is 8.43. The molecular weight excluding hydrogens is 358 g/mol. The predicted octanol–water partition coefficient (Wildman–Crippen LogP) is 4.97. The Morgan fingerprint density at radius 1 is 1.31 bits per heavy atom. The Bertz CT molecular complexity index is 767. The van der Waals surface area contributed by atoms with Gasteiger partial charge in [-0.2, -0.15) is 0 Å². The number of hydrogen-bond donors (Lipinski definition) is 2. The molecule has 0 atom stereocenters. The van der Waals surface area contributed by atoms with Crippen molar-refractivity contribution in [3.8, 4) is 0 Å². The third-order valence-corrected chi connectivity index (χ3v) is 4.56. The van der Waals surface area contributed by atoms with Gasteiger partial charge in [0, 0.05) is 30.7 Å². The van der Waals surface area contributed by atoms with Gasteiger partial charge < -0.3 is 16.0 Å². The van der Waals surface area contributed by atoms with Crippen LogP contribution in [0, 0.1) is 12.3 Å². The van der Waals surface area contributed by atoms with Crippen molar-refractivity contribution in [1.82, 2.24) is 5.32 Å². The van der Waals surface area contributed by atoms with E-state index in [0.717, 1.165) is 24.2 Å². The van der Waals surface area contributed by atoms with E-state index in [2.05, 4.69) is 54.1 Å². The quantitative estimate of drug-likeness (QED) is 0.434. The molecule has 3 N–H and O–H groups in total. The van der Waals surface area contributed by atoms with E-state index in [4.69, 9.17) is 5.73 Å². The molecule has 0 aliphatic carbocycles. The molecule has 0 aliphatic heterocycles. The SMILES string of the molecule is C=C/C=C(\C=C/N)CN(CCCNC(=O)C(C)(C)C)c1ccc(C)c(/C=C\C)c1. The first kappa shape index (κ1) is 24.3. The molecular formula is C25H37N3O. The van der Waals surface area contributed by atoms with Crippen LogP contribution in [0.15, 0.2) is 60.9 Å². The first-order valence-electron chi connectivity index (χ1n) is 10.2. The molecule has 0 spiro atoms. The molecule has 0 unspecified atom stereocenters. The molecule has 0 saturated carbocycles. The van der Waals surface area contributed by atoms with E-state index in [1.807, 2.05) is 39.8 Å². The highest BCUT2D eigenvalue weighted by atomic mass is 16.2. The molecule has 0 aromatic heterocycles. The number of nitrogens with two attached hydrogens (primary N) is 1. The maximum atomic E-state index is 12.1. The van der Waals surface area contributed by atoms with Crippen LogP contribution in [0.5, 0.6) is 0 Å². The van der Waals surface area contributed by atoms with Gasteiger partial charge in [-0.15, -0.1) is 0 Å². The number of hydrogen-bond acceptors (Lipinski definition) is 3. The number of anilines is 1. The van der Waals surface area contributed by atoms with Gasteiger partial charge in [0.25, 0.3) is 0 Å². The molecule has 1 aromatic rings. The first-order chi connectivity index (χ1) is 13.7. The highest BCUT2D eigenvalue weighted by molar-refractivity contribution is 5.81. The van der Waals surface area contributed by atoms with E-state index in [-0.39, 0.29) is 11.3 Å². The Balaban J connectivity index is 3.00. The van der Waals surface area contributed by atoms with E-state index in [1.54, 1.807) is 12.3 Å². The lowest BCUT2D eigenvalue weighted by Gasteiger charge is -2.27. The van der Waals surface area contributed by atoms with Crippen molar-refractivity contribution in [2.45, 2.75) is 41.0 Å². The summed E-state index contributed by atoms with van der Waals surface area (Å²) in [6, 6.07) is 6.50. The number of aryl methyl sites for hydroxylation is 1. The van der Waals surface area contributed by atoms with Gasteiger partial charge in [-0.05, 0) is 61.4 Å². The van der Waals surface area contributed by atoms with Gasteiger partial charge in [0.2, 0.25) is 5.91 Å². The Morgan fingerprint density at radius 2 is 2.03 bits per heavy atom. The van der Waals surface area contributed by atoms with Crippen LogP contribution in [0.1, 0.15) is 45.2 Å². The summed E-state index contributed by atoms with van der Waals surface area (Å²) in [5.74, 6) is 0.0769. The topological polar surface area (TPSA) is 58.4 Å². The van der Waals surface area contributed by atoms with Crippen LogP contribution in [-0.4, -0.2) is 25.5 Å². The number of amides is 1. The largest absolute Gasteiger partial charge is 0.405 e. The lowest BCUT2D eigenvalue weighted by Crippen LogP contribution is -2.37. The Labute approximate surface area is 176 Å². The number of carbonyl (C=O) groups excluding carboxylic acids is 1. The van der Waals surface area contributed by atoms with Gasteiger partial charge >= 0.3 is 0 Å². The van der Waals surface area contributed by atoms with Crippen molar-refractivity contribution in [3.05, 3.63) is 72.0 Å². The van der Waals surface area contributed by atoms with Crippen LogP contribution in [0.3, 0.4) is 0 Å². The first-order valence-corrected chi connectivity index (χ1v) is 10.2. The summed E-state index contributed by atoms with van der Waals surface area (Å²) in [6.45, 7) is 15.9. The maximum Gasteiger partial charge on any atom is 0.225 e. The zero-order chi connectivity index (χ0) is 21.9. The van der Waals surface area contributed by atoms with Gasteiger partial charge in [0.1, 0.15) is 0 Å². The van der Waals surface area contributed by atoms with Crippen molar-refractivity contribution in [2.24, 2.45) is 11.1 Å². The molecule has 158 valence electrons. The molecule has 0 heterocycles. The minimum Gasteiger partial charge on any atom is -0.405 e. The van der Waals surface area contributed by atoms with Crippen LogP contribution in [-0.2, 0) is 4.79 Å². The van der Waals surface area contributed by atoms with Crippen molar-refractivity contribution in [1.29, 1.82) is 0 Å². The van der Waals surface area contributed by atoms with E-state index in [0.29, 0.717) is 13.1 Å². The molecule has 0 bridgehead atoms. The number of rotatable bonds is 10. The average molecular weight is 396 g/mol. The molecule has 1 amide bonds. The molecule has 1 aromatic carbocycles. The van der Waals surface area contributed by atoms with Crippen molar-refractivity contribution in [3.63, 3.8) is 0 Å². The summed E-state index contributed by atoms with van der Waals surface area (Å²) in [6.07, 6.45) is 12.2. The molecule has 0 fully saturated rings. The molecule has 1 rings (SSSR count). The minimum absolute atomic E-state index is 0.0769. The minimum atomic E-state index is -0.371. The Kier molecular flexibility index (Phi) is 10.0. The molecule has 4 nitrogen and oxygen atoms in total. The molecule has 0 saturated heterocycles. The van der Waals surface area contributed by atoms with Gasteiger partial charge in [-0.25, -0.2) is 0 Å². The van der Waals surface area contributed by atoms with Crippen molar-refractivity contribution >= 4 is 17.7 Å². The number of nitrogens with one attached hydrogen (secondary N) is 1. The average Bonchev–Trinajstić information content (AvgIpc) is 2.65. The summed E-state index contributed by atoms with van der Waals surface area (Å²) < 4.78 is 0. The zero-order valence-electron chi connectivity index (χ0n) is 18.7. The Hall–Kier alpha value is -2.75. The standard InChI is InChI=1S/C25H37N3O/c1-7-10-21(14-15-26)19-28(17-9-16-27-24(29)25(4,5)6)23-13-12-20(3)22(18-23)11-8-2/h7-8,10-15,18H,1,9,16-17,19,26H2,2-6H3,(H,27,29)/b11-8-,15-14-,21-10+. The number of benzene rings is 1. The summed E-state index contributed by atoms with van der Waals surface area (Å²) >= 11 is 0. The smallest absolute Gasteiger partial charge is 0.225 e. The van der Waals surface area contributed by atoms with Crippen molar-refractivity contribution < 1.29 is 4.79 Å².